The number of ether oxygens (including phenoxy) is 4. The molecule has 9 heteroatoms. The topological polar surface area (TPSA) is 104 Å². The lowest BCUT2D eigenvalue weighted by Gasteiger charge is -2.18. The largest absolute Gasteiger partial charge is 0.493 e. The molecule has 37 heavy (non-hydrogen) atoms. The number of nitrogens with one attached hydrogen (secondary N) is 1. The summed E-state index contributed by atoms with van der Waals surface area (Å²) in [6, 6.07) is 20.0. The van der Waals surface area contributed by atoms with E-state index in [1.165, 1.54) is 0 Å². The lowest BCUT2D eigenvalue weighted by molar-refractivity contribution is 0.305. The Hall–Kier alpha value is -4.66. The number of aryl methyl sites for hydroxylation is 1. The second-order valence-corrected chi connectivity index (χ2v) is 8.27. The summed E-state index contributed by atoms with van der Waals surface area (Å²) in [6.07, 6.45) is 0.761. The molecular weight excluding hydrogens is 470 g/mol. The van der Waals surface area contributed by atoms with Crippen LogP contribution in [0, 0.1) is 0 Å². The lowest BCUT2D eigenvalue weighted by atomic mass is 9.98. The van der Waals surface area contributed by atoms with Gasteiger partial charge >= 0.3 is 0 Å². The molecule has 9 nitrogen and oxygen atoms in total. The maximum Gasteiger partial charge on any atom is 0.205 e. The Morgan fingerprint density at radius 2 is 1.57 bits per heavy atom. The number of tetrazole rings is 1. The van der Waals surface area contributed by atoms with Gasteiger partial charge in [-0.3, -0.25) is 4.98 Å². The number of benzene rings is 3. The van der Waals surface area contributed by atoms with Crippen molar-refractivity contribution in [2.24, 2.45) is 0 Å². The third-order valence-electron chi connectivity index (χ3n) is 6.15. The SMILES string of the molecule is CCc1cc(OCc2ccc(-c3ccccc3-c3nn[nH]n3)cc2)c2c(OC)c(OC)c(OC)cc2n1. The summed E-state index contributed by atoms with van der Waals surface area (Å²) in [4.78, 5) is 4.76. The normalized spacial score (nSPS) is 10.9. The van der Waals surface area contributed by atoms with Crippen molar-refractivity contribution in [2.75, 3.05) is 21.3 Å². The van der Waals surface area contributed by atoms with Crippen LogP contribution in [0.2, 0.25) is 0 Å². The Morgan fingerprint density at radius 3 is 2.22 bits per heavy atom. The summed E-state index contributed by atoms with van der Waals surface area (Å²) < 4.78 is 23.2. The predicted molar refractivity (Wildman–Crippen MR) is 140 cm³/mol. The quantitative estimate of drug-likeness (QED) is 0.294. The van der Waals surface area contributed by atoms with Crippen LogP contribution >= 0.6 is 0 Å². The van der Waals surface area contributed by atoms with Gasteiger partial charge in [-0.15, -0.1) is 10.2 Å². The first-order valence-corrected chi connectivity index (χ1v) is 11.8. The summed E-state index contributed by atoms with van der Waals surface area (Å²) >= 11 is 0. The first-order chi connectivity index (χ1) is 18.2. The molecule has 0 radical (unpaired) electrons. The molecule has 0 fully saturated rings. The van der Waals surface area contributed by atoms with E-state index in [9.17, 15) is 0 Å². The standard InChI is InChI=1S/C28H27N5O4/c1-5-19-14-23(25-22(29-19)15-24(34-2)26(35-3)27(25)36-4)37-16-17-10-12-18(13-11-17)20-8-6-7-9-21(20)28-30-32-33-31-28/h6-15H,5,16H2,1-4H3,(H,30,31,32,33). The second-order valence-electron chi connectivity index (χ2n) is 8.27. The van der Waals surface area contributed by atoms with Gasteiger partial charge in [0.2, 0.25) is 11.6 Å². The molecule has 0 saturated heterocycles. The van der Waals surface area contributed by atoms with Gasteiger partial charge in [0.1, 0.15) is 12.4 Å². The second kappa shape index (κ2) is 10.5. The van der Waals surface area contributed by atoms with Gasteiger partial charge in [-0.1, -0.05) is 55.5 Å². The molecule has 2 heterocycles. The average molecular weight is 498 g/mol. The third kappa shape index (κ3) is 4.63. The van der Waals surface area contributed by atoms with Crippen LogP contribution in [0.1, 0.15) is 18.2 Å². The van der Waals surface area contributed by atoms with Gasteiger partial charge in [0.05, 0.1) is 32.2 Å². The molecule has 0 aliphatic rings. The van der Waals surface area contributed by atoms with Crippen LogP contribution in [0.4, 0.5) is 0 Å². The molecular formula is C28H27N5O4. The third-order valence-corrected chi connectivity index (χ3v) is 6.15. The number of rotatable bonds is 9. The Labute approximate surface area is 214 Å². The smallest absolute Gasteiger partial charge is 0.205 e. The number of fused-ring (bicyclic) bond motifs is 1. The summed E-state index contributed by atoms with van der Waals surface area (Å²) in [7, 11) is 4.77. The molecule has 0 bridgehead atoms. The molecule has 0 atom stereocenters. The van der Waals surface area contributed by atoms with Crippen LogP contribution in [0.25, 0.3) is 33.4 Å². The van der Waals surface area contributed by atoms with Gasteiger partial charge in [0.25, 0.3) is 0 Å². The summed E-state index contributed by atoms with van der Waals surface area (Å²) in [5.74, 6) is 2.80. The van der Waals surface area contributed by atoms with Crippen molar-refractivity contribution in [1.82, 2.24) is 25.6 Å². The fourth-order valence-corrected chi connectivity index (χ4v) is 4.32. The van der Waals surface area contributed by atoms with Gasteiger partial charge in [-0.05, 0) is 28.3 Å². The minimum atomic E-state index is 0.368. The zero-order valence-electron chi connectivity index (χ0n) is 21.1. The maximum atomic E-state index is 6.34. The summed E-state index contributed by atoms with van der Waals surface area (Å²) in [5, 5.41) is 15.2. The monoisotopic (exact) mass is 497 g/mol. The van der Waals surface area contributed by atoms with Crippen LogP contribution in [0.5, 0.6) is 23.0 Å². The fraction of sp³-hybridized carbons (Fsp3) is 0.214. The number of H-pyrrole nitrogens is 1. The van der Waals surface area contributed by atoms with E-state index in [0.717, 1.165) is 45.3 Å². The average Bonchev–Trinajstić information content (AvgIpc) is 3.50. The molecule has 188 valence electrons. The van der Waals surface area contributed by atoms with Gasteiger partial charge in [-0.2, -0.15) is 5.21 Å². The molecule has 2 aromatic heterocycles. The Kier molecular flexibility index (Phi) is 6.85. The molecule has 0 spiro atoms. The summed E-state index contributed by atoms with van der Waals surface area (Å²) in [6.45, 7) is 2.42. The van der Waals surface area contributed by atoms with Gasteiger partial charge in [0, 0.05) is 23.4 Å². The molecule has 5 aromatic rings. The van der Waals surface area contributed by atoms with Crippen LogP contribution in [0.3, 0.4) is 0 Å². The van der Waals surface area contributed by atoms with Gasteiger partial charge in [0.15, 0.2) is 11.5 Å². The summed E-state index contributed by atoms with van der Waals surface area (Å²) in [5.41, 5.74) is 5.62. The predicted octanol–water partition coefficient (Wildman–Crippen LogP) is 5.25. The molecule has 0 aliphatic heterocycles. The zero-order chi connectivity index (χ0) is 25.8. The van der Waals surface area contributed by atoms with Crippen molar-refractivity contribution >= 4 is 10.9 Å². The fourth-order valence-electron chi connectivity index (χ4n) is 4.32. The van der Waals surface area contributed by atoms with Crippen molar-refractivity contribution in [3.63, 3.8) is 0 Å². The number of pyridine rings is 1. The van der Waals surface area contributed by atoms with Gasteiger partial charge < -0.3 is 18.9 Å². The molecule has 3 aromatic carbocycles. The Bertz CT molecular complexity index is 1520. The Balaban J connectivity index is 1.46. The van der Waals surface area contributed by atoms with Crippen molar-refractivity contribution < 1.29 is 18.9 Å². The molecule has 0 saturated carbocycles. The number of aromatic amines is 1. The first-order valence-electron chi connectivity index (χ1n) is 11.8. The van der Waals surface area contributed by atoms with Crippen molar-refractivity contribution in [3.8, 4) is 45.5 Å². The molecule has 0 aliphatic carbocycles. The van der Waals surface area contributed by atoms with Crippen molar-refractivity contribution in [2.45, 2.75) is 20.0 Å². The van der Waals surface area contributed by atoms with E-state index < -0.39 is 0 Å². The molecule has 1 N–H and O–H groups in total. The number of hydrogen-bond acceptors (Lipinski definition) is 8. The van der Waals surface area contributed by atoms with E-state index in [4.69, 9.17) is 23.9 Å². The number of aromatic nitrogens is 5. The maximum absolute atomic E-state index is 6.34. The van der Waals surface area contributed by atoms with E-state index in [2.05, 4.69) is 39.7 Å². The highest BCUT2D eigenvalue weighted by molar-refractivity contribution is 5.95. The van der Waals surface area contributed by atoms with Crippen molar-refractivity contribution in [3.05, 3.63) is 71.9 Å². The highest BCUT2D eigenvalue weighted by atomic mass is 16.5. The zero-order valence-corrected chi connectivity index (χ0v) is 21.1. The van der Waals surface area contributed by atoms with E-state index in [0.29, 0.717) is 35.4 Å². The van der Waals surface area contributed by atoms with Crippen LogP contribution in [-0.2, 0) is 13.0 Å². The van der Waals surface area contributed by atoms with Gasteiger partial charge in [-0.25, -0.2) is 0 Å². The molecule has 0 amide bonds. The first kappa shape index (κ1) is 24.1. The van der Waals surface area contributed by atoms with E-state index >= 15 is 0 Å². The highest BCUT2D eigenvalue weighted by Crippen LogP contribution is 2.46. The highest BCUT2D eigenvalue weighted by Gasteiger charge is 2.21. The van der Waals surface area contributed by atoms with Crippen LogP contribution < -0.4 is 18.9 Å². The van der Waals surface area contributed by atoms with E-state index in [1.807, 2.05) is 48.5 Å². The Morgan fingerprint density at radius 1 is 0.811 bits per heavy atom. The minimum absolute atomic E-state index is 0.368. The van der Waals surface area contributed by atoms with Crippen LogP contribution in [0.15, 0.2) is 60.7 Å². The number of hydrogen-bond donors (Lipinski definition) is 1. The van der Waals surface area contributed by atoms with E-state index in [-0.39, 0.29) is 0 Å². The number of methoxy groups -OCH3 is 3. The minimum Gasteiger partial charge on any atom is -0.493 e. The van der Waals surface area contributed by atoms with Crippen LogP contribution in [-0.4, -0.2) is 46.9 Å². The molecule has 0 unspecified atom stereocenters. The molecule has 5 rings (SSSR count). The number of nitrogens with zero attached hydrogens (tertiary/aromatic N) is 4. The van der Waals surface area contributed by atoms with Crippen molar-refractivity contribution in [1.29, 1.82) is 0 Å². The van der Waals surface area contributed by atoms with E-state index in [1.54, 1.807) is 21.3 Å². The lowest BCUT2D eigenvalue weighted by Crippen LogP contribution is -2.02.